The van der Waals surface area contributed by atoms with E-state index < -0.39 is 0 Å². The van der Waals surface area contributed by atoms with Crippen molar-refractivity contribution >= 4 is 11.8 Å². The molecule has 3 saturated heterocycles. The van der Waals surface area contributed by atoms with Gasteiger partial charge in [0.25, 0.3) is 5.91 Å². The van der Waals surface area contributed by atoms with Crippen LogP contribution in [-0.4, -0.2) is 70.5 Å². The molecule has 7 heteroatoms. The van der Waals surface area contributed by atoms with Crippen molar-refractivity contribution in [2.24, 2.45) is 5.92 Å². The number of hydrogen-bond acceptors (Lipinski definition) is 4. The first kappa shape index (κ1) is 17.5. The maximum Gasteiger partial charge on any atom is 0.251 e. The second kappa shape index (κ2) is 7.78. The number of rotatable bonds is 3. The van der Waals surface area contributed by atoms with E-state index in [1.54, 1.807) is 6.20 Å². The third-order valence-corrected chi connectivity index (χ3v) is 6.07. The van der Waals surface area contributed by atoms with E-state index in [2.05, 4.69) is 9.97 Å². The molecule has 1 aromatic heterocycles. The number of ether oxygens (including phenoxy) is 1. The van der Waals surface area contributed by atoms with E-state index in [-0.39, 0.29) is 23.8 Å². The fourth-order valence-electron chi connectivity index (χ4n) is 4.46. The van der Waals surface area contributed by atoms with E-state index in [0.717, 1.165) is 57.4 Å². The molecule has 1 atom stereocenters. The SMILES string of the molecule is O=C(C1CCN(C(=O)[C@@H]2CCCO2)CC1)N1CCC(c2ncc[nH]2)CC1. The molecule has 3 fully saturated rings. The van der Waals surface area contributed by atoms with E-state index in [4.69, 9.17) is 4.74 Å². The molecule has 0 radical (unpaired) electrons. The molecular formula is C19H28N4O3. The average molecular weight is 360 g/mol. The van der Waals surface area contributed by atoms with Crippen LogP contribution in [0.5, 0.6) is 0 Å². The first-order valence-electron chi connectivity index (χ1n) is 9.91. The van der Waals surface area contributed by atoms with Crippen molar-refractivity contribution in [2.75, 3.05) is 32.8 Å². The Bertz CT molecular complexity index is 611. The number of nitrogens with zero attached hydrogens (tertiary/aromatic N) is 3. The Balaban J connectivity index is 1.24. The zero-order valence-electron chi connectivity index (χ0n) is 15.2. The first-order valence-corrected chi connectivity index (χ1v) is 9.91. The number of hydrogen-bond donors (Lipinski definition) is 1. The molecule has 0 aromatic carbocycles. The number of piperidine rings is 2. The van der Waals surface area contributed by atoms with Gasteiger partial charge in [-0.2, -0.15) is 0 Å². The van der Waals surface area contributed by atoms with Crippen LogP contribution in [0, 0.1) is 5.92 Å². The molecule has 1 aromatic rings. The number of amides is 2. The van der Waals surface area contributed by atoms with Crippen LogP contribution < -0.4 is 0 Å². The van der Waals surface area contributed by atoms with Crippen molar-refractivity contribution in [2.45, 2.75) is 50.5 Å². The second-order valence-electron chi connectivity index (χ2n) is 7.68. The lowest BCUT2D eigenvalue weighted by molar-refractivity contribution is -0.146. The average Bonchev–Trinajstić information content (AvgIpc) is 3.41. The van der Waals surface area contributed by atoms with Crippen molar-refractivity contribution in [3.05, 3.63) is 18.2 Å². The summed E-state index contributed by atoms with van der Waals surface area (Å²) in [6.07, 6.45) is 8.69. The van der Waals surface area contributed by atoms with Gasteiger partial charge >= 0.3 is 0 Å². The number of carbonyl (C=O) groups is 2. The summed E-state index contributed by atoms with van der Waals surface area (Å²) in [7, 11) is 0. The second-order valence-corrected chi connectivity index (χ2v) is 7.68. The lowest BCUT2D eigenvalue weighted by atomic mass is 9.91. The van der Waals surface area contributed by atoms with Crippen LogP contribution in [0.4, 0.5) is 0 Å². The molecule has 0 bridgehead atoms. The zero-order chi connectivity index (χ0) is 17.9. The Morgan fingerprint density at radius 2 is 1.69 bits per heavy atom. The summed E-state index contributed by atoms with van der Waals surface area (Å²) in [5, 5.41) is 0. The molecule has 0 aliphatic carbocycles. The third kappa shape index (κ3) is 3.63. The van der Waals surface area contributed by atoms with Gasteiger partial charge in [0.1, 0.15) is 11.9 Å². The predicted octanol–water partition coefficient (Wildman–Crippen LogP) is 1.53. The lowest BCUT2D eigenvalue weighted by Gasteiger charge is -2.37. The van der Waals surface area contributed by atoms with Crippen LogP contribution in [0.1, 0.15) is 50.3 Å². The highest BCUT2D eigenvalue weighted by molar-refractivity contribution is 5.82. The van der Waals surface area contributed by atoms with Crippen molar-refractivity contribution in [1.29, 1.82) is 0 Å². The van der Waals surface area contributed by atoms with E-state index in [0.29, 0.717) is 25.6 Å². The van der Waals surface area contributed by atoms with E-state index in [1.807, 2.05) is 16.0 Å². The van der Waals surface area contributed by atoms with Gasteiger partial charge in [-0.05, 0) is 38.5 Å². The van der Waals surface area contributed by atoms with E-state index in [1.165, 1.54) is 0 Å². The molecule has 26 heavy (non-hydrogen) atoms. The maximum absolute atomic E-state index is 12.9. The van der Waals surface area contributed by atoms with Gasteiger partial charge in [0.2, 0.25) is 5.91 Å². The fourth-order valence-corrected chi connectivity index (χ4v) is 4.46. The molecule has 0 saturated carbocycles. The summed E-state index contributed by atoms with van der Waals surface area (Å²) in [5.41, 5.74) is 0. The van der Waals surface area contributed by atoms with Crippen molar-refractivity contribution in [3.8, 4) is 0 Å². The zero-order valence-corrected chi connectivity index (χ0v) is 15.2. The van der Waals surface area contributed by atoms with Gasteiger partial charge in [-0.3, -0.25) is 9.59 Å². The minimum atomic E-state index is -0.247. The smallest absolute Gasteiger partial charge is 0.251 e. The van der Waals surface area contributed by atoms with Gasteiger partial charge in [-0.25, -0.2) is 4.98 Å². The van der Waals surface area contributed by atoms with Crippen LogP contribution in [0.15, 0.2) is 12.4 Å². The third-order valence-electron chi connectivity index (χ3n) is 6.07. The Hall–Kier alpha value is -1.89. The normalized spacial score (nSPS) is 25.6. The molecule has 4 heterocycles. The minimum Gasteiger partial charge on any atom is -0.368 e. The molecule has 7 nitrogen and oxygen atoms in total. The Kier molecular flexibility index (Phi) is 5.24. The molecule has 4 rings (SSSR count). The predicted molar refractivity (Wildman–Crippen MR) is 95.4 cm³/mol. The van der Waals surface area contributed by atoms with Crippen LogP contribution in [0.25, 0.3) is 0 Å². The molecule has 1 N–H and O–H groups in total. The topological polar surface area (TPSA) is 78.5 Å². The number of aromatic amines is 1. The van der Waals surface area contributed by atoms with Gasteiger partial charge in [-0.15, -0.1) is 0 Å². The molecule has 3 aliphatic rings. The quantitative estimate of drug-likeness (QED) is 0.887. The summed E-state index contributed by atoms with van der Waals surface area (Å²) >= 11 is 0. The van der Waals surface area contributed by atoms with Crippen LogP contribution in [-0.2, 0) is 14.3 Å². The maximum atomic E-state index is 12.9. The first-order chi connectivity index (χ1) is 12.7. The van der Waals surface area contributed by atoms with Crippen molar-refractivity contribution < 1.29 is 14.3 Å². The Morgan fingerprint density at radius 1 is 1.00 bits per heavy atom. The molecule has 0 spiro atoms. The summed E-state index contributed by atoms with van der Waals surface area (Å²) in [4.78, 5) is 36.7. The highest BCUT2D eigenvalue weighted by atomic mass is 16.5. The van der Waals surface area contributed by atoms with Gasteiger partial charge in [0, 0.05) is 57.0 Å². The number of nitrogens with one attached hydrogen (secondary N) is 1. The standard InChI is InChI=1S/C19H28N4O3/c24-18(22-9-3-14(4-10-22)17-20-7-8-21-17)15-5-11-23(12-6-15)19(25)16-2-1-13-26-16/h7-8,14-16H,1-6,9-13H2,(H,20,21)/t16-/m0/s1. The van der Waals surface area contributed by atoms with Crippen molar-refractivity contribution in [3.63, 3.8) is 0 Å². The van der Waals surface area contributed by atoms with Gasteiger partial charge in [-0.1, -0.05) is 0 Å². The summed E-state index contributed by atoms with van der Waals surface area (Å²) in [5.74, 6) is 1.92. The van der Waals surface area contributed by atoms with Crippen molar-refractivity contribution in [1.82, 2.24) is 19.8 Å². The fraction of sp³-hybridized carbons (Fsp3) is 0.737. The highest BCUT2D eigenvalue weighted by Gasteiger charge is 2.35. The van der Waals surface area contributed by atoms with E-state index in [9.17, 15) is 9.59 Å². The molecule has 0 unspecified atom stereocenters. The number of carbonyl (C=O) groups excluding carboxylic acids is 2. The summed E-state index contributed by atoms with van der Waals surface area (Å²) in [6, 6.07) is 0. The minimum absolute atomic E-state index is 0.0590. The van der Waals surface area contributed by atoms with Gasteiger partial charge in [0.05, 0.1) is 0 Å². The van der Waals surface area contributed by atoms with Crippen LogP contribution in [0.3, 0.4) is 0 Å². The monoisotopic (exact) mass is 360 g/mol. The lowest BCUT2D eigenvalue weighted by Crippen LogP contribution is -2.48. The number of aromatic nitrogens is 2. The van der Waals surface area contributed by atoms with Crippen LogP contribution >= 0.6 is 0 Å². The molecule has 142 valence electrons. The molecule has 3 aliphatic heterocycles. The summed E-state index contributed by atoms with van der Waals surface area (Å²) in [6.45, 7) is 3.66. The van der Waals surface area contributed by atoms with E-state index >= 15 is 0 Å². The molecule has 2 amide bonds. The highest BCUT2D eigenvalue weighted by Crippen LogP contribution is 2.28. The largest absolute Gasteiger partial charge is 0.368 e. The molecular weight excluding hydrogens is 332 g/mol. The van der Waals surface area contributed by atoms with Gasteiger partial charge < -0.3 is 19.5 Å². The van der Waals surface area contributed by atoms with Gasteiger partial charge in [0.15, 0.2) is 0 Å². The number of imidazole rings is 1. The summed E-state index contributed by atoms with van der Waals surface area (Å²) < 4.78 is 5.50. The Morgan fingerprint density at radius 3 is 2.31 bits per heavy atom. The Labute approximate surface area is 154 Å². The number of H-pyrrole nitrogens is 1. The van der Waals surface area contributed by atoms with Crippen LogP contribution in [0.2, 0.25) is 0 Å². The number of likely N-dealkylation sites (tertiary alicyclic amines) is 2.